The molecule has 0 aromatic heterocycles. The van der Waals surface area contributed by atoms with Crippen LogP contribution in [0.15, 0.2) is 35.5 Å². The molecule has 0 saturated carbocycles. The van der Waals surface area contributed by atoms with E-state index in [0.29, 0.717) is 11.8 Å². The molecular formula is C23H33NO3. The molecule has 0 saturated heterocycles. The van der Waals surface area contributed by atoms with Crippen LogP contribution < -0.4 is 5.32 Å². The molecule has 0 bridgehead atoms. The van der Waals surface area contributed by atoms with Crippen molar-refractivity contribution in [3.05, 3.63) is 35.5 Å². The Morgan fingerprint density at radius 1 is 1.37 bits per heavy atom. The van der Waals surface area contributed by atoms with Crippen molar-refractivity contribution in [2.24, 2.45) is 22.7 Å². The predicted octanol–water partition coefficient (Wildman–Crippen LogP) is 4.63. The van der Waals surface area contributed by atoms with Crippen LogP contribution in [0.4, 0.5) is 0 Å². The minimum Gasteiger partial charge on any atom is -0.480 e. The number of hydrogen-bond donors (Lipinski definition) is 2. The molecule has 3 aliphatic rings. The number of rotatable bonds is 4. The maximum Gasteiger partial charge on any atom is 0.325 e. The van der Waals surface area contributed by atoms with Gasteiger partial charge in [-0.15, -0.1) is 6.58 Å². The highest BCUT2D eigenvalue weighted by Gasteiger charge is 2.47. The summed E-state index contributed by atoms with van der Waals surface area (Å²) in [5.74, 6) is -0.124. The van der Waals surface area contributed by atoms with Crippen molar-refractivity contribution < 1.29 is 14.7 Å². The van der Waals surface area contributed by atoms with E-state index in [-0.39, 0.29) is 11.3 Å². The molecular weight excluding hydrogens is 338 g/mol. The second-order valence-corrected chi connectivity index (χ2v) is 9.36. The molecule has 0 fully saturated rings. The van der Waals surface area contributed by atoms with Gasteiger partial charge in [-0.2, -0.15) is 0 Å². The average Bonchev–Trinajstić information content (AvgIpc) is 2.63. The van der Waals surface area contributed by atoms with E-state index < -0.39 is 17.4 Å². The van der Waals surface area contributed by atoms with Crippen molar-refractivity contribution in [1.29, 1.82) is 0 Å². The molecule has 27 heavy (non-hydrogen) atoms. The van der Waals surface area contributed by atoms with Gasteiger partial charge < -0.3 is 10.4 Å². The molecule has 0 aliphatic heterocycles. The predicted molar refractivity (Wildman–Crippen MR) is 107 cm³/mol. The lowest BCUT2D eigenvalue weighted by molar-refractivity contribution is -0.142. The Bertz CT molecular complexity index is 734. The number of allylic oxidation sites excluding steroid dienone is 4. The van der Waals surface area contributed by atoms with Gasteiger partial charge in [-0.3, -0.25) is 9.59 Å². The van der Waals surface area contributed by atoms with Crippen LogP contribution in [0.25, 0.3) is 0 Å². The van der Waals surface area contributed by atoms with Gasteiger partial charge in [0.1, 0.15) is 6.04 Å². The fourth-order valence-electron chi connectivity index (χ4n) is 5.27. The third-order valence-electron chi connectivity index (χ3n) is 7.27. The number of carbonyl (C=O) groups is 2. The summed E-state index contributed by atoms with van der Waals surface area (Å²) >= 11 is 0. The number of carboxylic acids is 1. The number of carbonyl (C=O) groups excluding carboxylic acids is 1. The topological polar surface area (TPSA) is 66.4 Å². The van der Waals surface area contributed by atoms with E-state index in [1.807, 2.05) is 6.92 Å². The van der Waals surface area contributed by atoms with Crippen LogP contribution in [-0.2, 0) is 9.59 Å². The lowest BCUT2D eigenvalue weighted by Gasteiger charge is -2.48. The van der Waals surface area contributed by atoms with Crippen molar-refractivity contribution in [1.82, 2.24) is 5.32 Å². The van der Waals surface area contributed by atoms with Gasteiger partial charge in [-0.25, -0.2) is 0 Å². The number of hydrogen-bond acceptors (Lipinski definition) is 2. The first-order valence-electron chi connectivity index (χ1n) is 10.2. The summed E-state index contributed by atoms with van der Waals surface area (Å²) in [5.41, 5.74) is 3.66. The Morgan fingerprint density at radius 3 is 2.70 bits per heavy atom. The fourth-order valence-corrected chi connectivity index (χ4v) is 5.27. The lowest BCUT2D eigenvalue weighted by atomic mass is 9.57. The summed E-state index contributed by atoms with van der Waals surface area (Å²) in [4.78, 5) is 24.3. The molecule has 3 aliphatic carbocycles. The monoisotopic (exact) mass is 371 g/mol. The number of fused-ring (bicyclic) bond motifs is 2. The maximum absolute atomic E-state index is 13.1. The molecule has 4 nitrogen and oxygen atoms in total. The first kappa shape index (κ1) is 19.9. The fraction of sp³-hybridized carbons (Fsp3) is 0.652. The van der Waals surface area contributed by atoms with Crippen molar-refractivity contribution in [3.8, 4) is 0 Å². The first-order valence-corrected chi connectivity index (χ1v) is 10.2. The van der Waals surface area contributed by atoms with Crippen LogP contribution >= 0.6 is 0 Å². The summed E-state index contributed by atoms with van der Waals surface area (Å²) < 4.78 is 0. The van der Waals surface area contributed by atoms with Crippen LogP contribution in [-0.4, -0.2) is 23.0 Å². The Labute approximate surface area is 162 Å². The molecule has 5 atom stereocenters. The normalized spacial score (nSPS) is 36.8. The summed E-state index contributed by atoms with van der Waals surface area (Å²) in [6.07, 6.45) is 10.4. The van der Waals surface area contributed by atoms with E-state index >= 15 is 0 Å². The van der Waals surface area contributed by atoms with E-state index in [2.05, 4.69) is 37.9 Å². The van der Waals surface area contributed by atoms with Gasteiger partial charge in [-0.1, -0.05) is 31.6 Å². The molecule has 1 unspecified atom stereocenters. The Hall–Kier alpha value is -1.84. The zero-order valence-electron chi connectivity index (χ0n) is 17.1. The SMILES string of the molecule is C=C[C@]1(C)CC=C2C3=C(CCC2C1)[C@@](C)(C(=O)N[C@@H](C)C(=O)O)CC[C@H]3C. The Morgan fingerprint density at radius 2 is 2.07 bits per heavy atom. The number of nitrogens with one attached hydrogen (secondary N) is 1. The highest BCUT2D eigenvalue weighted by Crippen LogP contribution is 2.55. The standard InChI is InChI=1S/C23H33NO3/c1-6-22(4)11-10-17-16(13-22)7-8-18-19(17)14(2)9-12-23(18,5)21(27)24-15(3)20(25)26/h6,10,14-16H,1,7-9,11-13H2,2-5H3,(H,24,27)(H,25,26)/t14-,15+,16?,22-,23+/m1/s1. The largest absolute Gasteiger partial charge is 0.480 e. The number of aliphatic carboxylic acids is 1. The van der Waals surface area contributed by atoms with Gasteiger partial charge in [0.2, 0.25) is 5.91 Å². The van der Waals surface area contributed by atoms with Crippen molar-refractivity contribution in [2.45, 2.75) is 72.3 Å². The molecule has 0 radical (unpaired) electrons. The van der Waals surface area contributed by atoms with Crippen molar-refractivity contribution >= 4 is 11.9 Å². The van der Waals surface area contributed by atoms with Gasteiger partial charge >= 0.3 is 5.97 Å². The number of amides is 1. The smallest absolute Gasteiger partial charge is 0.325 e. The van der Waals surface area contributed by atoms with Gasteiger partial charge in [0, 0.05) is 0 Å². The van der Waals surface area contributed by atoms with Gasteiger partial charge in [0.25, 0.3) is 0 Å². The van der Waals surface area contributed by atoms with Crippen LogP contribution in [0, 0.1) is 22.7 Å². The van der Waals surface area contributed by atoms with Crippen molar-refractivity contribution in [3.63, 3.8) is 0 Å². The zero-order valence-corrected chi connectivity index (χ0v) is 17.1. The Balaban J connectivity index is 1.98. The van der Waals surface area contributed by atoms with E-state index in [1.54, 1.807) is 0 Å². The van der Waals surface area contributed by atoms with Gasteiger partial charge in [-0.05, 0) is 80.8 Å². The van der Waals surface area contributed by atoms with Crippen molar-refractivity contribution in [2.75, 3.05) is 0 Å². The van der Waals surface area contributed by atoms with Crippen LogP contribution in [0.5, 0.6) is 0 Å². The maximum atomic E-state index is 13.1. The minimum atomic E-state index is -0.993. The van der Waals surface area contributed by atoms with E-state index in [9.17, 15) is 14.7 Å². The zero-order chi connectivity index (χ0) is 20.0. The quantitative estimate of drug-likeness (QED) is 0.708. The molecule has 0 aromatic rings. The molecule has 148 valence electrons. The minimum absolute atomic E-state index is 0.136. The second kappa shape index (κ2) is 6.96. The average molecular weight is 372 g/mol. The van der Waals surface area contributed by atoms with E-state index in [4.69, 9.17) is 0 Å². The molecule has 3 rings (SSSR count). The van der Waals surface area contributed by atoms with Gasteiger partial charge in [0.15, 0.2) is 0 Å². The lowest BCUT2D eigenvalue weighted by Crippen LogP contribution is -2.49. The van der Waals surface area contributed by atoms with Crippen LogP contribution in [0.1, 0.15) is 66.2 Å². The first-order chi connectivity index (χ1) is 12.6. The highest BCUT2D eigenvalue weighted by atomic mass is 16.4. The third kappa shape index (κ3) is 3.39. The van der Waals surface area contributed by atoms with E-state index in [1.165, 1.54) is 23.6 Å². The number of carboxylic acid groups (broad SMARTS) is 1. The highest BCUT2D eigenvalue weighted by molar-refractivity contribution is 5.90. The molecule has 0 spiro atoms. The third-order valence-corrected chi connectivity index (χ3v) is 7.27. The van der Waals surface area contributed by atoms with Crippen LogP contribution in [0.3, 0.4) is 0 Å². The summed E-state index contributed by atoms with van der Waals surface area (Å²) in [5, 5.41) is 11.9. The molecule has 0 heterocycles. The van der Waals surface area contributed by atoms with Crippen LogP contribution in [0.2, 0.25) is 0 Å². The summed E-state index contributed by atoms with van der Waals surface area (Å²) in [6, 6.07) is -0.865. The molecule has 0 aromatic carbocycles. The summed E-state index contributed by atoms with van der Waals surface area (Å²) in [6.45, 7) is 12.1. The second-order valence-electron chi connectivity index (χ2n) is 9.36. The Kier molecular flexibility index (Phi) is 5.13. The molecule has 1 amide bonds. The summed E-state index contributed by atoms with van der Waals surface area (Å²) in [7, 11) is 0. The molecule has 4 heteroatoms. The van der Waals surface area contributed by atoms with Gasteiger partial charge in [0.05, 0.1) is 5.41 Å². The van der Waals surface area contributed by atoms with E-state index in [0.717, 1.165) is 38.5 Å². The molecule has 2 N–H and O–H groups in total.